The van der Waals surface area contributed by atoms with Crippen LogP contribution in [-0.2, 0) is 9.59 Å². The zero-order valence-electron chi connectivity index (χ0n) is 7.85. The van der Waals surface area contributed by atoms with Crippen LogP contribution in [0.3, 0.4) is 0 Å². The van der Waals surface area contributed by atoms with E-state index in [9.17, 15) is 9.59 Å². The number of carbonyl (C=O) groups is 2. The Morgan fingerprint density at radius 2 is 1.50 bits per heavy atom. The van der Waals surface area contributed by atoms with Gasteiger partial charge in [0.15, 0.2) is 5.92 Å². The average molecular weight is 201 g/mol. The normalized spacial score (nSPS) is 27.6. The van der Waals surface area contributed by atoms with Gasteiger partial charge in [0.05, 0.1) is 0 Å². The molecule has 14 heavy (non-hydrogen) atoms. The number of carboxylic acids is 2. The lowest BCUT2D eigenvalue weighted by molar-refractivity contribution is -0.157. The molecule has 5 heteroatoms. The first kappa shape index (κ1) is 11.0. The Balaban J connectivity index is 2.61. The van der Waals surface area contributed by atoms with Crippen molar-refractivity contribution in [1.29, 1.82) is 0 Å². The van der Waals surface area contributed by atoms with Crippen molar-refractivity contribution < 1.29 is 19.8 Å². The third kappa shape index (κ3) is 2.45. The lowest BCUT2D eigenvalue weighted by atomic mass is 9.78. The predicted molar refractivity (Wildman–Crippen MR) is 48.7 cm³/mol. The molecule has 0 radical (unpaired) electrons. The lowest BCUT2D eigenvalue weighted by Gasteiger charge is -2.28. The maximum atomic E-state index is 10.7. The van der Waals surface area contributed by atoms with Gasteiger partial charge in [0.25, 0.3) is 0 Å². The van der Waals surface area contributed by atoms with Crippen molar-refractivity contribution >= 4 is 11.9 Å². The molecule has 0 amide bonds. The second kappa shape index (κ2) is 4.41. The summed E-state index contributed by atoms with van der Waals surface area (Å²) < 4.78 is 0. The molecule has 1 aliphatic rings. The van der Waals surface area contributed by atoms with Gasteiger partial charge in [-0.25, -0.2) is 0 Å². The summed E-state index contributed by atoms with van der Waals surface area (Å²) in [6.45, 7) is 0. The van der Waals surface area contributed by atoms with Gasteiger partial charge in [-0.05, 0) is 31.6 Å². The molecule has 0 bridgehead atoms. The summed E-state index contributed by atoms with van der Waals surface area (Å²) in [5.41, 5.74) is 5.65. The third-order valence-corrected chi connectivity index (χ3v) is 2.82. The third-order valence-electron chi connectivity index (χ3n) is 2.82. The van der Waals surface area contributed by atoms with Crippen LogP contribution in [-0.4, -0.2) is 28.2 Å². The highest BCUT2D eigenvalue weighted by atomic mass is 16.4. The Bertz CT molecular complexity index is 219. The molecule has 1 saturated carbocycles. The van der Waals surface area contributed by atoms with E-state index in [1.54, 1.807) is 0 Å². The molecular formula is C9H15NO4. The topological polar surface area (TPSA) is 101 Å². The van der Waals surface area contributed by atoms with E-state index in [1.807, 2.05) is 0 Å². The van der Waals surface area contributed by atoms with Gasteiger partial charge in [-0.1, -0.05) is 0 Å². The van der Waals surface area contributed by atoms with E-state index < -0.39 is 17.9 Å². The Morgan fingerprint density at radius 1 is 1.07 bits per heavy atom. The van der Waals surface area contributed by atoms with E-state index >= 15 is 0 Å². The van der Waals surface area contributed by atoms with Crippen molar-refractivity contribution in [2.24, 2.45) is 17.6 Å². The van der Waals surface area contributed by atoms with E-state index in [0.717, 1.165) is 12.8 Å². The van der Waals surface area contributed by atoms with Gasteiger partial charge in [-0.15, -0.1) is 0 Å². The van der Waals surface area contributed by atoms with E-state index in [4.69, 9.17) is 15.9 Å². The van der Waals surface area contributed by atoms with Crippen LogP contribution < -0.4 is 5.73 Å². The zero-order valence-corrected chi connectivity index (χ0v) is 7.85. The zero-order chi connectivity index (χ0) is 10.7. The molecular weight excluding hydrogens is 186 g/mol. The monoisotopic (exact) mass is 201 g/mol. The van der Waals surface area contributed by atoms with Gasteiger partial charge in [0.2, 0.25) is 0 Å². The van der Waals surface area contributed by atoms with Gasteiger partial charge in [-0.3, -0.25) is 9.59 Å². The summed E-state index contributed by atoms with van der Waals surface area (Å²) in [5, 5.41) is 17.5. The number of nitrogens with two attached hydrogens (primary N) is 1. The minimum atomic E-state index is -1.26. The standard InChI is InChI=1S/C9H15NO4/c10-6-3-1-5(2-4-6)7(8(11)12)9(13)14/h5-7H,1-4,10H2,(H,11,12)(H,13,14)/t5-,6+. The van der Waals surface area contributed by atoms with Crippen LogP contribution in [0.1, 0.15) is 25.7 Å². The smallest absolute Gasteiger partial charge is 0.318 e. The van der Waals surface area contributed by atoms with E-state index in [-0.39, 0.29) is 12.0 Å². The Labute approximate surface area is 81.9 Å². The minimum Gasteiger partial charge on any atom is -0.481 e. The van der Waals surface area contributed by atoms with Crippen LogP contribution >= 0.6 is 0 Å². The summed E-state index contributed by atoms with van der Waals surface area (Å²) in [7, 11) is 0. The fourth-order valence-corrected chi connectivity index (χ4v) is 1.99. The first-order valence-corrected chi connectivity index (χ1v) is 4.73. The molecule has 0 heterocycles. The Kier molecular flexibility index (Phi) is 3.46. The highest BCUT2D eigenvalue weighted by molar-refractivity contribution is 5.93. The number of carboxylic acid groups (broad SMARTS) is 2. The highest BCUT2D eigenvalue weighted by Gasteiger charge is 2.36. The first-order chi connectivity index (χ1) is 6.52. The SMILES string of the molecule is N[C@H]1CC[C@@H](C(C(=O)O)C(=O)O)CC1. The number of hydrogen-bond acceptors (Lipinski definition) is 3. The Hall–Kier alpha value is -1.10. The fraction of sp³-hybridized carbons (Fsp3) is 0.778. The van der Waals surface area contributed by atoms with Crippen LogP contribution in [0.25, 0.3) is 0 Å². The predicted octanol–water partition coefficient (Wildman–Crippen LogP) is 0.289. The summed E-state index contributed by atoms with van der Waals surface area (Å²) >= 11 is 0. The maximum absolute atomic E-state index is 10.7. The van der Waals surface area contributed by atoms with Crippen LogP contribution in [0.15, 0.2) is 0 Å². The van der Waals surface area contributed by atoms with Gasteiger partial charge in [0.1, 0.15) is 0 Å². The highest BCUT2D eigenvalue weighted by Crippen LogP contribution is 2.29. The molecule has 0 aromatic carbocycles. The molecule has 0 aromatic heterocycles. The summed E-state index contributed by atoms with van der Waals surface area (Å²) in [6.07, 6.45) is 2.65. The molecule has 0 aliphatic heterocycles. The second-order valence-electron chi connectivity index (χ2n) is 3.83. The Morgan fingerprint density at radius 3 is 1.86 bits per heavy atom. The van der Waals surface area contributed by atoms with Gasteiger partial charge >= 0.3 is 11.9 Å². The fourth-order valence-electron chi connectivity index (χ4n) is 1.99. The number of rotatable bonds is 3. The van der Waals surface area contributed by atoms with Crippen LogP contribution in [0, 0.1) is 11.8 Å². The number of aliphatic carboxylic acids is 2. The van der Waals surface area contributed by atoms with Crippen molar-refractivity contribution in [3.63, 3.8) is 0 Å². The molecule has 0 saturated heterocycles. The van der Waals surface area contributed by atoms with Crippen molar-refractivity contribution in [1.82, 2.24) is 0 Å². The first-order valence-electron chi connectivity index (χ1n) is 4.73. The van der Waals surface area contributed by atoms with E-state index in [1.165, 1.54) is 0 Å². The van der Waals surface area contributed by atoms with Crippen LogP contribution in [0.2, 0.25) is 0 Å². The molecule has 1 fully saturated rings. The van der Waals surface area contributed by atoms with Crippen molar-refractivity contribution in [2.75, 3.05) is 0 Å². The molecule has 0 unspecified atom stereocenters. The largest absolute Gasteiger partial charge is 0.481 e. The molecule has 0 atom stereocenters. The minimum absolute atomic E-state index is 0.106. The van der Waals surface area contributed by atoms with Crippen LogP contribution in [0.4, 0.5) is 0 Å². The molecule has 0 spiro atoms. The van der Waals surface area contributed by atoms with Crippen molar-refractivity contribution in [2.45, 2.75) is 31.7 Å². The number of hydrogen-bond donors (Lipinski definition) is 3. The maximum Gasteiger partial charge on any atom is 0.318 e. The van der Waals surface area contributed by atoms with Gasteiger partial charge < -0.3 is 15.9 Å². The molecule has 0 aromatic rings. The van der Waals surface area contributed by atoms with Crippen molar-refractivity contribution in [3.8, 4) is 0 Å². The summed E-state index contributed by atoms with van der Waals surface area (Å²) in [4.78, 5) is 21.4. The quantitative estimate of drug-likeness (QED) is 0.570. The molecule has 80 valence electrons. The lowest BCUT2D eigenvalue weighted by Crippen LogP contribution is -2.36. The van der Waals surface area contributed by atoms with Gasteiger partial charge in [-0.2, -0.15) is 0 Å². The molecule has 5 nitrogen and oxygen atoms in total. The van der Waals surface area contributed by atoms with Gasteiger partial charge in [0, 0.05) is 6.04 Å². The summed E-state index contributed by atoms with van der Waals surface area (Å²) in [5.74, 6) is -4.00. The summed E-state index contributed by atoms with van der Waals surface area (Å²) in [6, 6.07) is 0.106. The van der Waals surface area contributed by atoms with E-state index in [0.29, 0.717) is 12.8 Å². The van der Waals surface area contributed by atoms with Crippen molar-refractivity contribution in [3.05, 3.63) is 0 Å². The second-order valence-corrected chi connectivity index (χ2v) is 3.83. The van der Waals surface area contributed by atoms with E-state index in [2.05, 4.69) is 0 Å². The molecule has 1 aliphatic carbocycles. The molecule has 1 rings (SSSR count). The van der Waals surface area contributed by atoms with Crippen LogP contribution in [0.5, 0.6) is 0 Å². The molecule has 4 N–H and O–H groups in total. The average Bonchev–Trinajstić information content (AvgIpc) is 2.07.